The first-order valence-electron chi connectivity index (χ1n) is 3.14. The molecular weight excluding hydrogens is 162 g/mol. The Balaban J connectivity index is 2.73. The van der Waals surface area contributed by atoms with Crippen molar-refractivity contribution in [2.45, 2.75) is 0 Å². The van der Waals surface area contributed by atoms with E-state index in [9.17, 15) is 0 Å². The van der Waals surface area contributed by atoms with Gasteiger partial charge in [0.15, 0.2) is 0 Å². The predicted molar refractivity (Wildman–Crippen MR) is 45.9 cm³/mol. The first kappa shape index (κ1) is 8.01. The lowest BCUT2D eigenvalue weighted by molar-refractivity contribution is 0.908. The third kappa shape index (κ3) is 2.55. The first-order chi connectivity index (χ1) is 5.33. The van der Waals surface area contributed by atoms with Gasteiger partial charge in [-0.25, -0.2) is 4.98 Å². The van der Waals surface area contributed by atoms with Gasteiger partial charge in [0.05, 0.1) is 6.21 Å². The summed E-state index contributed by atoms with van der Waals surface area (Å²) in [6.45, 7) is 0. The predicted octanol–water partition coefficient (Wildman–Crippen LogP) is 1.29. The molecule has 0 aliphatic carbocycles. The molecule has 0 spiro atoms. The number of nitrogens with zero attached hydrogens (tertiary/aromatic N) is 2. The van der Waals surface area contributed by atoms with Crippen LogP contribution in [-0.4, -0.2) is 18.2 Å². The van der Waals surface area contributed by atoms with Crippen LogP contribution < -0.4 is 5.43 Å². The van der Waals surface area contributed by atoms with E-state index in [1.165, 1.54) is 0 Å². The second kappa shape index (κ2) is 3.93. The highest BCUT2D eigenvalue weighted by Gasteiger charge is 1.87. The van der Waals surface area contributed by atoms with Crippen molar-refractivity contribution in [3.05, 3.63) is 29.0 Å². The number of hydrazone groups is 1. The zero-order valence-corrected chi connectivity index (χ0v) is 6.84. The molecular formula is C7H8ClN3. The van der Waals surface area contributed by atoms with E-state index in [1.54, 1.807) is 25.5 Å². The lowest BCUT2D eigenvalue weighted by atomic mass is 10.3. The maximum Gasteiger partial charge on any atom is 0.129 e. The number of halogens is 1. The summed E-state index contributed by atoms with van der Waals surface area (Å²) in [7, 11) is 1.74. The summed E-state index contributed by atoms with van der Waals surface area (Å²) in [5.41, 5.74) is 3.56. The molecule has 11 heavy (non-hydrogen) atoms. The van der Waals surface area contributed by atoms with Crippen LogP contribution in [0.25, 0.3) is 0 Å². The van der Waals surface area contributed by atoms with Crippen LogP contribution in [0.1, 0.15) is 5.56 Å². The molecule has 1 N–H and O–H groups in total. The Kier molecular flexibility index (Phi) is 2.86. The van der Waals surface area contributed by atoms with Crippen molar-refractivity contribution in [1.82, 2.24) is 10.4 Å². The van der Waals surface area contributed by atoms with Gasteiger partial charge in [0.1, 0.15) is 5.15 Å². The molecule has 0 radical (unpaired) electrons. The molecule has 0 aromatic carbocycles. The molecule has 0 saturated carbocycles. The topological polar surface area (TPSA) is 37.3 Å². The summed E-state index contributed by atoms with van der Waals surface area (Å²) in [6.07, 6.45) is 3.33. The third-order valence-corrected chi connectivity index (χ3v) is 1.32. The number of pyridine rings is 1. The van der Waals surface area contributed by atoms with Crippen LogP contribution >= 0.6 is 11.6 Å². The Labute approximate surface area is 70.1 Å². The molecule has 0 aliphatic heterocycles. The average Bonchev–Trinajstić information content (AvgIpc) is 2.04. The summed E-state index contributed by atoms with van der Waals surface area (Å²) >= 11 is 5.57. The molecule has 1 heterocycles. The molecule has 58 valence electrons. The fourth-order valence-electron chi connectivity index (χ4n) is 0.603. The van der Waals surface area contributed by atoms with Crippen LogP contribution in [0.15, 0.2) is 23.4 Å². The standard InChI is InChI=1S/C7H8ClN3/c1-9-11-5-6-2-3-7(8)10-4-6/h2-5,9H,1H3/b11-5-. The number of aromatic nitrogens is 1. The Morgan fingerprint density at radius 2 is 2.45 bits per heavy atom. The van der Waals surface area contributed by atoms with E-state index in [0.717, 1.165) is 5.56 Å². The van der Waals surface area contributed by atoms with E-state index in [2.05, 4.69) is 15.5 Å². The van der Waals surface area contributed by atoms with E-state index in [4.69, 9.17) is 11.6 Å². The summed E-state index contributed by atoms with van der Waals surface area (Å²) in [6, 6.07) is 3.56. The van der Waals surface area contributed by atoms with Gasteiger partial charge >= 0.3 is 0 Å². The first-order valence-corrected chi connectivity index (χ1v) is 3.52. The molecule has 0 unspecified atom stereocenters. The van der Waals surface area contributed by atoms with Crippen LogP contribution in [0, 0.1) is 0 Å². The van der Waals surface area contributed by atoms with Gasteiger partial charge in [-0.2, -0.15) is 5.10 Å². The third-order valence-electron chi connectivity index (χ3n) is 1.09. The Bertz CT molecular complexity index is 242. The number of nitrogens with one attached hydrogen (secondary N) is 1. The Morgan fingerprint density at radius 3 is 3.00 bits per heavy atom. The fourth-order valence-corrected chi connectivity index (χ4v) is 0.714. The molecule has 0 fully saturated rings. The van der Waals surface area contributed by atoms with Crippen molar-refractivity contribution < 1.29 is 0 Å². The van der Waals surface area contributed by atoms with Crippen LogP contribution in [0.2, 0.25) is 5.15 Å². The minimum absolute atomic E-state index is 0.492. The molecule has 0 atom stereocenters. The number of hydrogen-bond acceptors (Lipinski definition) is 3. The molecule has 1 aromatic rings. The van der Waals surface area contributed by atoms with Gasteiger partial charge in [0.2, 0.25) is 0 Å². The molecule has 0 aliphatic rings. The second-order valence-corrected chi connectivity index (χ2v) is 2.28. The minimum atomic E-state index is 0.492. The van der Waals surface area contributed by atoms with E-state index < -0.39 is 0 Å². The molecule has 0 bridgehead atoms. The molecule has 1 aromatic heterocycles. The van der Waals surface area contributed by atoms with E-state index in [0.29, 0.717) is 5.15 Å². The van der Waals surface area contributed by atoms with Crippen molar-refractivity contribution in [2.24, 2.45) is 5.10 Å². The summed E-state index contributed by atoms with van der Waals surface area (Å²) in [5, 5.41) is 4.31. The number of hydrogen-bond donors (Lipinski definition) is 1. The van der Waals surface area contributed by atoms with Gasteiger partial charge in [-0.15, -0.1) is 0 Å². The zero-order chi connectivity index (χ0) is 8.10. The molecule has 4 heteroatoms. The van der Waals surface area contributed by atoms with Gasteiger partial charge in [-0.1, -0.05) is 11.6 Å². The highest BCUT2D eigenvalue weighted by atomic mass is 35.5. The van der Waals surface area contributed by atoms with Crippen molar-refractivity contribution in [3.63, 3.8) is 0 Å². The highest BCUT2D eigenvalue weighted by molar-refractivity contribution is 6.29. The van der Waals surface area contributed by atoms with E-state index >= 15 is 0 Å². The molecule has 1 rings (SSSR count). The van der Waals surface area contributed by atoms with Crippen LogP contribution in [0.5, 0.6) is 0 Å². The van der Waals surface area contributed by atoms with Crippen molar-refractivity contribution in [2.75, 3.05) is 7.05 Å². The van der Waals surface area contributed by atoms with Gasteiger partial charge in [-0.3, -0.25) is 0 Å². The second-order valence-electron chi connectivity index (χ2n) is 1.90. The SMILES string of the molecule is CN/N=C\c1ccc(Cl)nc1. The van der Waals surface area contributed by atoms with Crippen LogP contribution in [0.3, 0.4) is 0 Å². The molecule has 0 saturated heterocycles. The Morgan fingerprint density at radius 1 is 1.64 bits per heavy atom. The number of rotatable bonds is 2. The summed E-state index contributed by atoms with van der Waals surface area (Å²) in [4.78, 5) is 3.88. The summed E-state index contributed by atoms with van der Waals surface area (Å²) < 4.78 is 0. The fraction of sp³-hybridized carbons (Fsp3) is 0.143. The van der Waals surface area contributed by atoms with Gasteiger partial charge in [0.25, 0.3) is 0 Å². The quantitative estimate of drug-likeness (QED) is 0.412. The lowest BCUT2D eigenvalue weighted by Crippen LogP contribution is -1.94. The lowest BCUT2D eigenvalue weighted by Gasteiger charge is -1.91. The zero-order valence-electron chi connectivity index (χ0n) is 6.08. The molecule has 0 amide bonds. The van der Waals surface area contributed by atoms with Crippen molar-refractivity contribution in [3.8, 4) is 0 Å². The van der Waals surface area contributed by atoms with E-state index in [1.807, 2.05) is 6.07 Å². The van der Waals surface area contributed by atoms with Gasteiger partial charge < -0.3 is 5.43 Å². The van der Waals surface area contributed by atoms with Crippen LogP contribution in [0.4, 0.5) is 0 Å². The van der Waals surface area contributed by atoms with Gasteiger partial charge in [0, 0.05) is 18.8 Å². The minimum Gasteiger partial charge on any atom is -0.313 e. The normalized spacial score (nSPS) is 10.4. The average molecular weight is 170 g/mol. The maximum atomic E-state index is 5.57. The maximum absolute atomic E-state index is 5.57. The van der Waals surface area contributed by atoms with Crippen LogP contribution in [-0.2, 0) is 0 Å². The largest absolute Gasteiger partial charge is 0.313 e. The van der Waals surface area contributed by atoms with Crippen molar-refractivity contribution in [1.29, 1.82) is 0 Å². The van der Waals surface area contributed by atoms with E-state index in [-0.39, 0.29) is 0 Å². The highest BCUT2D eigenvalue weighted by Crippen LogP contribution is 2.02. The Hall–Kier alpha value is -1.09. The monoisotopic (exact) mass is 169 g/mol. The van der Waals surface area contributed by atoms with Gasteiger partial charge in [-0.05, 0) is 12.1 Å². The van der Waals surface area contributed by atoms with Crippen molar-refractivity contribution >= 4 is 17.8 Å². The smallest absolute Gasteiger partial charge is 0.129 e. The summed E-state index contributed by atoms with van der Waals surface area (Å²) in [5.74, 6) is 0. The molecule has 3 nitrogen and oxygen atoms in total.